The van der Waals surface area contributed by atoms with Crippen LogP contribution in [0.15, 0.2) is 28.4 Å². The number of hydrogen-bond donors (Lipinski definition) is 0. The Kier molecular flexibility index (Phi) is 6.96. The molecule has 0 bridgehead atoms. The van der Waals surface area contributed by atoms with E-state index in [9.17, 15) is 4.79 Å². The summed E-state index contributed by atoms with van der Waals surface area (Å²) in [6.45, 7) is 7.93. The topological polar surface area (TPSA) is 71.2 Å². The molecule has 0 atom stereocenters. The van der Waals surface area contributed by atoms with Crippen LogP contribution < -0.4 is 10.3 Å². The van der Waals surface area contributed by atoms with E-state index < -0.39 is 8.07 Å². The Morgan fingerprint density at radius 3 is 2.63 bits per heavy atom. The van der Waals surface area contributed by atoms with Crippen LogP contribution in [0.1, 0.15) is 0 Å². The molecule has 0 fully saturated rings. The van der Waals surface area contributed by atoms with Crippen LogP contribution in [-0.2, 0) is 18.5 Å². The van der Waals surface area contributed by atoms with Crippen molar-refractivity contribution in [3.8, 4) is 17.0 Å². The summed E-state index contributed by atoms with van der Waals surface area (Å²) >= 11 is 7.95. The van der Waals surface area contributed by atoms with Crippen molar-refractivity contribution >= 4 is 42.5 Å². The van der Waals surface area contributed by atoms with Crippen molar-refractivity contribution in [2.75, 3.05) is 20.0 Å². The largest absolute Gasteiger partial charge is 0.480 e. The molecule has 0 aromatic carbocycles. The predicted octanol–water partition coefficient (Wildman–Crippen LogP) is 4.49. The Hall–Kier alpha value is -1.81. The maximum Gasteiger partial charge on any atom is 0.264 e. The Labute approximate surface area is 186 Å². The molecule has 3 rings (SSSR count). The highest BCUT2D eigenvalue weighted by Gasteiger charge is 2.21. The highest BCUT2D eigenvalue weighted by atomic mass is 35.5. The molecule has 3 aromatic rings. The molecule has 0 unspecified atom stereocenters. The lowest BCUT2D eigenvalue weighted by Crippen LogP contribution is -2.22. The molecule has 0 amide bonds. The van der Waals surface area contributed by atoms with Gasteiger partial charge in [0.05, 0.1) is 12.5 Å². The SMILES string of the molecule is COc1nccc(-c2cn(COCC[Si](C)(C)C)c3nc(SC)n(C)c(=O)c23)c1Cl. The summed E-state index contributed by atoms with van der Waals surface area (Å²) in [6, 6.07) is 2.84. The van der Waals surface area contributed by atoms with Crippen LogP contribution in [0.2, 0.25) is 30.7 Å². The van der Waals surface area contributed by atoms with Gasteiger partial charge in [-0.05, 0) is 18.4 Å². The monoisotopic (exact) mass is 466 g/mol. The van der Waals surface area contributed by atoms with Gasteiger partial charge in [-0.3, -0.25) is 9.36 Å². The number of rotatable bonds is 8. The Morgan fingerprint density at radius 1 is 1.27 bits per heavy atom. The van der Waals surface area contributed by atoms with Crippen molar-refractivity contribution in [2.24, 2.45) is 7.05 Å². The number of nitrogens with zero attached hydrogens (tertiary/aromatic N) is 4. The molecular formula is C20H27ClN4O3SSi. The fourth-order valence-electron chi connectivity index (χ4n) is 3.10. The first-order chi connectivity index (χ1) is 14.2. The van der Waals surface area contributed by atoms with E-state index in [1.54, 1.807) is 23.9 Å². The summed E-state index contributed by atoms with van der Waals surface area (Å²) < 4.78 is 14.6. The van der Waals surface area contributed by atoms with Gasteiger partial charge in [0.1, 0.15) is 11.8 Å². The molecule has 10 heteroatoms. The average molecular weight is 467 g/mol. The number of aromatic nitrogens is 4. The van der Waals surface area contributed by atoms with Crippen molar-refractivity contribution in [2.45, 2.75) is 37.6 Å². The summed E-state index contributed by atoms with van der Waals surface area (Å²) in [4.78, 5) is 22.1. The number of methoxy groups -OCH3 is 1. The van der Waals surface area contributed by atoms with Gasteiger partial charge >= 0.3 is 0 Å². The first-order valence-electron chi connectivity index (χ1n) is 9.58. The van der Waals surface area contributed by atoms with Crippen LogP contribution in [0.5, 0.6) is 5.88 Å². The van der Waals surface area contributed by atoms with Gasteiger partial charge in [-0.1, -0.05) is 43.0 Å². The maximum atomic E-state index is 13.2. The van der Waals surface area contributed by atoms with Gasteiger partial charge in [0.15, 0.2) is 10.8 Å². The van der Waals surface area contributed by atoms with Gasteiger partial charge in [0.25, 0.3) is 5.56 Å². The van der Waals surface area contributed by atoms with Gasteiger partial charge in [-0.25, -0.2) is 9.97 Å². The normalized spacial score (nSPS) is 12.0. The lowest BCUT2D eigenvalue weighted by atomic mass is 10.1. The van der Waals surface area contributed by atoms with Crippen LogP contribution in [0.4, 0.5) is 0 Å². The van der Waals surface area contributed by atoms with Gasteiger partial charge < -0.3 is 14.0 Å². The highest BCUT2D eigenvalue weighted by molar-refractivity contribution is 7.98. The standard InChI is InChI=1S/C20H27ClN4O3SSi/c1-24-19(26)15-14(13-7-8-22-18(27-2)16(13)21)11-25(17(15)23-20(24)29-3)12-28-9-10-30(4,5)6/h7-8,11H,9-10,12H2,1-6H3. The third-order valence-corrected chi connectivity index (χ3v) is 7.61. The van der Waals surface area contributed by atoms with Gasteiger partial charge in [0.2, 0.25) is 5.88 Å². The van der Waals surface area contributed by atoms with Crippen molar-refractivity contribution in [3.63, 3.8) is 0 Å². The van der Waals surface area contributed by atoms with Crippen molar-refractivity contribution in [3.05, 3.63) is 33.8 Å². The molecule has 0 aliphatic rings. The molecule has 30 heavy (non-hydrogen) atoms. The van der Waals surface area contributed by atoms with E-state index in [-0.39, 0.29) is 5.56 Å². The van der Waals surface area contributed by atoms with Crippen LogP contribution in [-0.4, -0.2) is 47.1 Å². The lowest BCUT2D eigenvalue weighted by molar-refractivity contribution is 0.0898. The molecular weight excluding hydrogens is 440 g/mol. The second-order valence-corrected chi connectivity index (χ2v) is 15.0. The number of ether oxygens (including phenoxy) is 2. The zero-order chi connectivity index (χ0) is 22.1. The van der Waals surface area contributed by atoms with E-state index in [0.29, 0.717) is 51.6 Å². The maximum absolute atomic E-state index is 13.2. The van der Waals surface area contributed by atoms with Crippen molar-refractivity contribution in [1.82, 2.24) is 19.1 Å². The molecule has 0 saturated heterocycles. The minimum atomic E-state index is -1.19. The number of hydrogen-bond acceptors (Lipinski definition) is 6. The third kappa shape index (κ3) is 4.59. The smallest absolute Gasteiger partial charge is 0.264 e. The predicted molar refractivity (Wildman–Crippen MR) is 126 cm³/mol. The average Bonchev–Trinajstić information content (AvgIpc) is 3.05. The van der Waals surface area contributed by atoms with E-state index in [1.807, 2.05) is 17.0 Å². The Morgan fingerprint density at radius 2 is 2.00 bits per heavy atom. The summed E-state index contributed by atoms with van der Waals surface area (Å²) in [7, 11) is 2.05. The van der Waals surface area contributed by atoms with Gasteiger partial charge in [-0.15, -0.1) is 0 Å². The van der Waals surface area contributed by atoms with Crippen LogP contribution in [0.3, 0.4) is 0 Å². The number of thioether (sulfide) groups is 1. The van der Waals surface area contributed by atoms with Crippen molar-refractivity contribution < 1.29 is 9.47 Å². The molecule has 162 valence electrons. The molecule has 0 spiro atoms. The molecule has 0 aliphatic heterocycles. The van der Waals surface area contributed by atoms with Crippen LogP contribution in [0, 0.1) is 0 Å². The summed E-state index contributed by atoms with van der Waals surface area (Å²) in [5, 5.41) is 1.49. The van der Waals surface area contributed by atoms with E-state index in [4.69, 9.17) is 26.1 Å². The number of fused-ring (bicyclic) bond motifs is 1. The summed E-state index contributed by atoms with van der Waals surface area (Å²) in [6.07, 6.45) is 5.39. The molecule has 0 aliphatic carbocycles. The van der Waals surface area contributed by atoms with E-state index in [1.165, 1.54) is 18.9 Å². The Bertz CT molecular complexity index is 1120. The zero-order valence-electron chi connectivity index (χ0n) is 18.2. The van der Waals surface area contributed by atoms with E-state index >= 15 is 0 Å². The Balaban J connectivity index is 2.14. The lowest BCUT2D eigenvalue weighted by Gasteiger charge is -2.15. The molecule has 0 N–H and O–H groups in total. The van der Waals surface area contributed by atoms with E-state index in [0.717, 1.165) is 6.04 Å². The molecule has 7 nitrogen and oxygen atoms in total. The fraction of sp³-hybridized carbons (Fsp3) is 0.450. The summed E-state index contributed by atoms with van der Waals surface area (Å²) in [5.41, 5.74) is 1.81. The minimum absolute atomic E-state index is 0.132. The zero-order valence-corrected chi connectivity index (χ0v) is 20.7. The van der Waals surface area contributed by atoms with Crippen LogP contribution in [0.25, 0.3) is 22.2 Å². The van der Waals surface area contributed by atoms with Crippen LogP contribution >= 0.6 is 23.4 Å². The minimum Gasteiger partial charge on any atom is -0.480 e. The molecule has 0 saturated carbocycles. The first kappa shape index (κ1) is 22.9. The fourth-order valence-corrected chi connectivity index (χ4v) is 4.68. The molecule has 3 heterocycles. The van der Waals surface area contributed by atoms with Crippen molar-refractivity contribution in [1.29, 1.82) is 0 Å². The number of halogens is 1. The number of pyridine rings is 1. The molecule has 0 radical (unpaired) electrons. The van der Waals surface area contributed by atoms with E-state index in [2.05, 4.69) is 24.6 Å². The summed E-state index contributed by atoms with van der Waals surface area (Å²) in [5.74, 6) is 0.312. The third-order valence-electron chi connectivity index (χ3n) is 4.81. The first-order valence-corrected chi connectivity index (χ1v) is 14.9. The second-order valence-electron chi connectivity index (χ2n) is 8.20. The second kappa shape index (κ2) is 9.13. The molecule has 3 aromatic heterocycles. The quantitative estimate of drug-likeness (QED) is 0.211. The van der Waals surface area contributed by atoms with Gasteiger partial charge in [0, 0.05) is 45.2 Å². The highest BCUT2D eigenvalue weighted by Crippen LogP contribution is 2.37. The van der Waals surface area contributed by atoms with Gasteiger partial charge in [-0.2, -0.15) is 0 Å².